The molecule has 12 aromatic rings. The second-order valence-corrected chi connectivity index (χ2v) is 26.9. The number of nitrogens with zero attached hydrogens (tertiary/aromatic N) is 17. The molecule has 0 saturated carbocycles. The number of hydrogen-bond acceptors (Lipinski definition) is 20. The summed E-state index contributed by atoms with van der Waals surface area (Å²) in [5, 5.41) is 19.9. The van der Waals surface area contributed by atoms with Gasteiger partial charge in [0.05, 0.1) is 63.8 Å². The van der Waals surface area contributed by atoms with Crippen LogP contribution in [0.1, 0.15) is 107 Å². The van der Waals surface area contributed by atoms with Crippen LogP contribution in [-0.4, -0.2) is 153 Å². The summed E-state index contributed by atoms with van der Waals surface area (Å²) in [7, 11) is 0. The van der Waals surface area contributed by atoms with Gasteiger partial charge in [-0.25, -0.2) is 58.4 Å². The lowest BCUT2D eigenvalue weighted by molar-refractivity contribution is -0.284. The van der Waals surface area contributed by atoms with E-state index in [1.165, 1.54) is 32.4 Å². The Labute approximate surface area is 619 Å². The standard InChI is InChI=1S/C23H17ClF5N7O2.2C22H17F5N8O2/c1-10-7-11(3-4-12(10)24)21(2)15-17(35-20(21)38)33-16(34-19(15)37)14-8-36-18(30-9-31-36)13(32-14)5-6-22(25,26)23(27,28)29;2*1-10-3-4-13(28-7-10)20(2)14-16(34-19(20)37)32-15(33-18(14)36)12-8-35-17(29-9-30-35)11(31-12)5-6-21(23,24)22(25,26)27/h3-4,7-9H,5-6H2,1-2H3,(H2,33,34,35,37,38);2*3-4,7-9H,5-6H2,1-2H3,(H2,32,33,34,36,37). The van der Waals surface area contributed by atoms with E-state index >= 15 is 0 Å². The summed E-state index contributed by atoms with van der Waals surface area (Å²) >= 11 is 6.11. The number of carbonyl (C=O) groups is 3. The van der Waals surface area contributed by atoms with Gasteiger partial charge < -0.3 is 30.9 Å². The van der Waals surface area contributed by atoms with Gasteiger partial charge in [0, 0.05) is 36.7 Å². The summed E-state index contributed by atoms with van der Waals surface area (Å²) in [5.41, 5.74) is -3.68. The van der Waals surface area contributed by atoms with Crippen LogP contribution in [0.15, 0.2) is 107 Å². The Hall–Kier alpha value is -12.5. The molecule has 0 aliphatic carbocycles. The summed E-state index contributed by atoms with van der Waals surface area (Å²) in [6.07, 6.45) is -14.1. The molecule has 0 radical (unpaired) electrons. The average Bonchev–Trinajstić information content (AvgIpc) is 1.59. The first-order chi connectivity index (χ1) is 52.3. The number of rotatable bonds is 15. The number of fused-ring (bicyclic) bond motifs is 6. The van der Waals surface area contributed by atoms with Gasteiger partial charge in [-0.05, 0) is 101 Å². The monoisotopic (exact) mass is 1590 g/mol. The van der Waals surface area contributed by atoms with Gasteiger partial charge in [-0.2, -0.15) is 81.2 Å². The fourth-order valence-corrected chi connectivity index (χ4v) is 12.6. The van der Waals surface area contributed by atoms with Gasteiger partial charge in [0.2, 0.25) is 17.7 Å². The van der Waals surface area contributed by atoms with Crippen molar-refractivity contribution in [1.29, 1.82) is 0 Å². The van der Waals surface area contributed by atoms with Gasteiger partial charge in [0.15, 0.2) is 34.4 Å². The van der Waals surface area contributed by atoms with E-state index in [9.17, 15) is 94.6 Å². The molecule has 6 N–H and O–H groups in total. The van der Waals surface area contributed by atoms with Crippen molar-refractivity contribution in [3.63, 3.8) is 0 Å². The van der Waals surface area contributed by atoms with E-state index in [2.05, 4.69) is 101 Å². The van der Waals surface area contributed by atoms with Crippen molar-refractivity contribution in [2.45, 2.75) is 133 Å². The number of carbonyl (C=O) groups excluding carboxylic acids is 3. The fourth-order valence-electron chi connectivity index (χ4n) is 12.5. The third-order valence-electron chi connectivity index (χ3n) is 18.9. The summed E-state index contributed by atoms with van der Waals surface area (Å²) < 4.78 is 199. The molecule has 3 aliphatic heterocycles. The van der Waals surface area contributed by atoms with Gasteiger partial charge in [-0.3, -0.25) is 38.7 Å². The Morgan fingerprint density at radius 3 is 1.02 bits per heavy atom. The highest BCUT2D eigenvalue weighted by molar-refractivity contribution is 6.31. The predicted molar refractivity (Wildman–Crippen MR) is 361 cm³/mol. The molecule has 11 aromatic heterocycles. The number of hydrogen-bond donors (Lipinski definition) is 6. The number of alkyl halides is 15. The molecular weight excluding hydrogens is 1540 g/mol. The number of benzene rings is 1. The molecule has 0 fully saturated rings. The van der Waals surface area contributed by atoms with E-state index in [4.69, 9.17) is 11.6 Å². The third kappa shape index (κ3) is 13.7. The molecule has 3 unspecified atom stereocenters. The lowest BCUT2D eigenvalue weighted by atomic mass is 9.77. The van der Waals surface area contributed by atoms with E-state index in [-0.39, 0.29) is 103 Å². The van der Waals surface area contributed by atoms with E-state index in [0.717, 1.165) is 43.7 Å². The van der Waals surface area contributed by atoms with E-state index < -0.39 is 125 Å². The number of halogens is 16. The zero-order valence-electron chi connectivity index (χ0n) is 58.0. The van der Waals surface area contributed by atoms with E-state index in [0.29, 0.717) is 27.5 Å². The van der Waals surface area contributed by atoms with Gasteiger partial charge in [0.1, 0.15) is 69.8 Å². The number of aromatic amines is 3. The Bertz CT molecular complexity index is 5770. The maximum atomic E-state index is 13.6. The van der Waals surface area contributed by atoms with Crippen LogP contribution in [0.5, 0.6) is 0 Å². The molecule has 3 aliphatic rings. The fraction of sp³-hybridized carbons (Fsp3) is 0.313. The van der Waals surface area contributed by atoms with Gasteiger partial charge >= 0.3 is 36.3 Å². The smallest absolute Gasteiger partial charge is 0.309 e. The van der Waals surface area contributed by atoms with Crippen molar-refractivity contribution in [3.8, 4) is 34.6 Å². The number of amides is 3. The van der Waals surface area contributed by atoms with E-state index in [1.807, 2.05) is 13.8 Å². The molecule has 3 atom stereocenters. The van der Waals surface area contributed by atoms with Crippen molar-refractivity contribution in [2.24, 2.45) is 0 Å². The Morgan fingerprint density at radius 2 is 0.723 bits per heavy atom. The Balaban J connectivity index is 0.000000147. The van der Waals surface area contributed by atoms with Gasteiger partial charge in [-0.15, -0.1) is 0 Å². The maximum absolute atomic E-state index is 13.6. The lowest BCUT2D eigenvalue weighted by Crippen LogP contribution is -2.37. The molecule has 582 valence electrons. The molecule has 112 heavy (non-hydrogen) atoms. The minimum atomic E-state index is -5.73. The second-order valence-electron chi connectivity index (χ2n) is 26.5. The number of pyridine rings is 2. The number of anilines is 3. The highest BCUT2D eigenvalue weighted by Gasteiger charge is 2.59. The van der Waals surface area contributed by atoms with Crippen molar-refractivity contribution in [1.82, 2.24) is 98.6 Å². The van der Waals surface area contributed by atoms with Gasteiger partial charge in [0.25, 0.3) is 16.7 Å². The molecule has 1 aromatic carbocycles. The number of aromatic nitrogens is 20. The molecule has 0 saturated heterocycles. The lowest BCUT2D eigenvalue weighted by Gasteiger charge is -2.22. The topological polar surface area (TPSA) is 380 Å². The minimum Gasteiger partial charge on any atom is -0.309 e. The molecule has 29 nitrogen and oxygen atoms in total. The zero-order chi connectivity index (χ0) is 81.1. The van der Waals surface area contributed by atoms with E-state index in [1.54, 1.807) is 68.7 Å². The molecule has 14 heterocycles. The predicted octanol–water partition coefficient (Wildman–Crippen LogP) is 10.2. The molecule has 0 bridgehead atoms. The SMILES string of the molecule is Cc1cc(C2(C)C(=O)Nc3nc(-c4cn5ncnc5c(CCC(F)(F)C(F)(F)F)n4)[nH]c(=O)c32)ccc1Cl.Cc1ccc(C2(C)C(=O)Nc3nc(-c4cn5ncnc5c(CCC(F)(F)C(F)(F)F)n4)[nH]c(=O)c32)nc1.Cc1ccc(C2(C)C(=O)Nc3nc(-c4cn5ncnc5c(CCC(F)(F)C(F)(F)F)n4)[nH]c(=O)c32)nc1. The molecule has 3 amide bonds. The first-order valence-corrected chi connectivity index (χ1v) is 33.2. The van der Waals surface area contributed by atoms with Crippen LogP contribution in [-0.2, 0) is 49.9 Å². The molecular formula is C67H51ClF15N23O6. The summed E-state index contributed by atoms with van der Waals surface area (Å²) in [5.74, 6) is -17.1. The Kier molecular flexibility index (Phi) is 19.0. The first kappa shape index (κ1) is 77.6. The number of nitrogens with one attached hydrogen (secondary N) is 6. The van der Waals surface area contributed by atoms with Gasteiger partial charge in [-0.1, -0.05) is 35.9 Å². The van der Waals surface area contributed by atoms with Crippen LogP contribution >= 0.6 is 11.6 Å². The number of H-pyrrole nitrogens is 3. The van der Waals surface area contributed by atoms with Crippen LogP contribution in [0.25, 0.3) is 51.5 Å². The van der Waals surface area contributed by atoms with Crippen molar-refractivity contribution >= 4 is 63.7 Å². The highest BCUT2D eigenvalue weighted by atomic mass is 35.5. The van der Waals surface area contributed by atoms with Crippen molar-refractivity contribution in [2.75, 3.05) is 16.0 Å². The zero-order valence-corrected chi connectivity index (χ0v) is 58.8. The van der Waals surface area contributed by atoms with Crippen LogP contribution < -0.4 is 32.6 Å². The second kappa shape index (κ2) is 27.5. The normalized spacial score (nSPS) is 17.7. The van der Waals surface area contributed by atoms with Crippen LogP contribution in [0.4, 0.5) is 83.3 Å². The highest BCUT2D eigenvalue weighted by Crippen LogP contribution is 2.46. The Morgan fingerprint density at radius 1 is 0.411 bits per heavy atom. The average molecular weight is 1590 g/mol. The first-order valence-electron chi connectivity index (χ1n) is 32.8. The third-order valence-corrected chi connectivity index (χ3v) is 19.3. The summed E-state index contributed by atoms with van der Waals surface area (Å²) in [6, 6.07) is 11.7. The van der Waals surface area contributed by atoms with Crippen molar-refractivity contribution < 1.29 is 80.2 Å². The summed E-state index contributed by atoms with van der Waals surface area (Å²) in [4.78, 5) is 132. The van der Waals surface area contributed by atoms with Crippen LogP contribution in [0.3, 0.4) is 0 Å². The molecule has 45 heteroatoms. The van der Waals surface area contributed by atoms with Crippen molar-refractivity contribution in [3.05, 3.63) is 196 Å². The molecule has 0 spiro atoms. The number of aryl methyl sites for hydroxylation is 6. The summed E-state index contributed by atoms with van der Waals surface area (Å²) in [6.45, 7) is 10.0. The van der Waals surface area contributed by atoms with Crippen LogP contribution in [0, 0.1) is 20.8 Å². The maximum Gasteiger partial charge on any atom is 0.453 e. The quantitative estimate of drug-likeness (QED) is 0.0519. The minimum absolute atomic E-state index is 0.0180. The molecule has 15 rings (SSSR count). The largest absolute Gasteiger partial charge is 0.453 e. The van der Waals surface area contributed by atoms with Crippen LogP contribution in [0.2, 0.25) is 5.02 Å².